The number of rotatable bonds is 0. The first-order chi connectivity index (χ1) is 8.50. The number of hydrogen-bond acceptors (Lipinski definition) is 3. The summed E-state index contributed by atoms with van der Waals surface area (Å²) in [7, 11) is 0. The summed E-state index contributed by atoms with van der Waals surface area (Å²) in [4.78, 5) is 26.2. The van der Waals surface area contributed by atoms with E-state index >= 15 is 0 Å². The van der Waals surface area contributed by atoms with Gasteiger partial charge in [-0.25, -0.2) is 0 Å². The number of pyridine rings is 1. The van der Waals surface area contributed by atoms with Gasteiger partial charge in [0.25, 0.3) is 5.91 Å². The van der Waals surface area contributed by atoms with E-state index in [1.165, 1.54) is 0 Å². The van der Waals surface area contributed by atoms with Gasteiger partial charge in [-0.3, -0.25) is 9.59 Å². The van der Waals surface area contributed by atoms with Crippen molar-refractivity contribution in [3.63, 3.8) is 0 Å². The fourth-order valence-electron chi connectivity index (χ4n) is 2.86. The second-order valence-corrected chi connectivity index (χ2v) is 5.12. The Hall–Kier alpha value is -1.62. The van der Waals surface area contributed by atoms with E-state index in [9.17, 15) is 9.59 Å². The number of nitrogens with zero attached hydrogens (tertiary/aromatic N) is 2. The molecule has 1 amide bonds. The van der Waals surface area contributed by atoms with Gasteiger partial charge in [0.1, 0.15) is 5.69 Å². The molecule has 1 fully saturated rings. The van der Waals surface area contributed by atoms with Crippen LogP contribution in [0.2, 0.25) is 0 Å². The molecule has 5 nitrogen and oxygen atoms in total. The van der Waals surface area contributed by atoms with Crippen LogP contribution in [0.1, 0.15) is 28.5 Å². The monoisotopic (exact) mass is 248 g/mol. The molecule has 0 N–H and O–H groups in total. The first-order valence-corrected chi connectivity index (χ1v) is 6.15. The number of carbonyl (C=O) groups is 1. The highest BCUT2D eigenvalue weighted by Gasteiger charge is 2.41. The number of fused-ring (bicyclic) bond motifs is 2. The third-order valence-electron chi connectivity index (χ3n) is 3.80. The summed E-state index contributed by atoms with van der Waals surface area (Å²) >= 11 is 0. The van der Waals surface area contributed by atoms with E-state index in [-0.39, 0.29) is 23.6 Å². The quantitative estimate of drug-likeness (QED) is 0.678. The molecule has 0 bridgehead atoms. The SMILES string of the molecule is Cc1cn2c(c(C)c1=O)C(=O)N1C(C)COC1C2. The predicted molar refractivity (Wildman–Crippen MR) is 65.5 cm³/mol. The molecule has 0 radical (unpaired) electrons. The zero-order valence-corrected chi connectivity index (χ0v) is 10.8. The lowest BCUT2D eigenvalue weighted by molar-refractivity contribution is 0.00665. The Kier molecular flexibility index (Phi) is 2.35. The smallest absolute Gasteiger partial charge is 0.273 e. The zero-order valence-electron chi connectivity index (χ0n) is 10.8. The van der Waals surface area contributed by atoms with Crippen molar-refractivity contribution in [3.05, 3.63) is 33.2 Å². The number of aryl methyl sites for hydroxylation is 1. The lowest BCUT2D eigenvalue weighted by atomic mass is 10.1. The summed E-state index contributed by atoms with van der Waals surface area (Å²) in [6.45, 7) is 6.63. The maximum atomic E-state index is 12.5. The molecule has 5 heteroatoms. The van der Waals surface area contributed by atoms with Crippen LogP contribution < -0.4 is 5.43 Å². The molecule has 2 aliphatic rings. The highest BCUT2D eigenvalue weighted by molar-refractivity contribution is 5.95. The van der Waals surface area contributed by atoms with Crippen molar-refractivity contribution in [1.29, 1.82) is 0 Å². The first kappa shape index (κ1) is 11.5. The molecule has 3 heterocycles. The molecular weight excluding hydrogens is 232 g/mol. The average molecular weight is 248 g/mol. The fourth-order valence-corrected chi connectivity index (χ4v) is 2.86. The molecule has 1 aromatic heterocycles. The van der Waals surface area contributed by atoms with Crippen LogP contribution in [0, 0.1) is 13.8 Å². The van der Waals surface area contributed by atoms with Crippen molar-refractivity contribution in [1.82, 2.24) is 9.47 Å². The maximum absolute atomic E-state index is 12.5. The highest BCUT2D eigenvalue weighted by atomic mass is 16.5. The first-order valence-electron chi connectivity index (χ1n) is 6.15. The van der Waals surface area contributed by atoms with E-state index in [0.717, 1.165) is 0 Å². The molecule has 96 valence electrons. The standard InChI is InChI=1S/C13H16N2O3/c1-7-4-14-5-10-15(8(2)6-18-10)13(17)11(14)9(3)12(7)16/h4,8,10H,5-6H2,1-3H3. The van der Waals surface area contributed by atoms with Gasteiger partial charge in [0.15, 0.2) is 11.7 Å². The number of hydrogen-bond donors (Lipinski definition) is 0. The summed E-state index contributed by atoms with van der Waals surface area (Å²) in [6.07, 6.45) is 1.56. The molecule has 1 aromatic rings. The van der Waals surface area contributed by atoms with E-state index in [2.05, 4.69) is 0 Å². The van der Waals surface area contributed by atoms with Gasteiger partial charge in [0.2, 0.25) is 0 Å². The van der Waals surface area contributed by atoms with Crippen molar-refractivity contribution in [2.75, 3.05) is 6.61 Å². The molecule has 3 rings (SSSR count). The van der Waals surface area contributed by atoms with E-state index in [0.29, 0.717) is 30.0 Å². The summed E-state index contributed by atoms with van der Waals surface area (Å²) < 4.78 is 7.47. The third kappa shape index (κ3) is 1.37. The molecule has 2 atom stereocenters. The predicted octanol–water partition coefficient (Wildman–Crippen LogP) is 0.666. The number of carbonyl (C=O) groups excluding carboxylic acids is 1. The third-order valence-corrected chi connectivity index (χ3v) is 3.80. The largest absolute Gasteiger partial charge is 0.354 e. The molecule has 2 unspecified atom stereocenters. The zero-order chi connectivity index (χ0) is 13.0. The number of aromatic nitrogens is 1. The second-order valence-electron chi connectivity index (χ2n) is 5.12. The molecule has 0 aliphatic carbocycles. The van der Waals surface area contributed by atoms with Gasteiger partial charge in [-0.1, -0.05) is 0 Å². The Labute approximate surface area is 105 Å². The number of ether oxygens (including phenoxy) is 1. The van der Waals surface area contributed by atoms with Crippen LogP contribution in [0.4, 0.5) is 0 Å². The van der Waals surface area contributed by atoms with Gasteiger partial charge in [0, 0.05) is 17.3 Å². The van der Waals surface area contributed by atoms with Crippen LogP contribution in [0.15, 0.2) is 11.0 Å². The molecule has 0 spiro atoms. The van der Waals surface area contributed by atoms with Crippen LogP contribution >= 0.6 is 0 Å². The fraction of sp³-hybridized carbons (Fsp3) is 0.538. The summed E-state index contributed by atoms with van der Waals surface area (Å²) in [5, 5.41) is 0. The minimum absolute atomic E-state index is 0.0409. The number of amides is 1. The summed E-state index contributed by atoms with van der Waals surface area (Å²) in [5.41, 5.74) is 1.68. The van der Waals surface area contributed by atoms with Gasteiger partial charge in [-0.15, -0.1) is 0 Å². The topological polar surface area (TPSA) is 51.5 Å². The van der Waals surface area contributed by atoms with Crippen molar-refractivity contribution >= 4 is 5.91 Å². The van der Waals surface area contributed by atoms with Crippen molar-refractivity contribution in [2.24, 2.45) is 0 Å². The minimum Gasteiger partial charge on any atom is -0.354 e. The van der Waals surface area contributed by atoms with Crippen LogP contribution in [0.25, 0.3) is 0 Å². The van der Waals surface area contributed by atoms with Crippen molar-refractivity contribution < 1.29 is 9.53 Å². The van der Waals surface area contributed by atoms with Gasteiger partial charge >= 0.3 is 0 Å². The lowest BCUT2D eigenvalue weighted by Crippen LogP contribution is -2.49. The lowest BCUT2D eigenvalue weighted by Gasteiger charge is -2.34. The highest BCUT2D eigenvalue weighted by Crippen LogP contribution is 2.26. The molecule has 0 saturated carbocycles. The Morgan fingerprint density at radius 2 is 2.06 bits per heavy atom. The summed E-state index contributed by atoms with van der Waals surface area (Å²) in [6, 6.07) is 0.0760. The van der Waals surface area contributed by atoms with E-state index in [1.54, 1.807) is 24.9 Å². The van der Waals surface area contributed by atoms with Crippen LogP contribution in [0.5, 0.6) is 0 Å². The maximum Gasteiger partial charge on any atom is 0.273 e. The van der Waals surface area contributed by atoms with Crippen molar-refractivity contribution in [2.45, 2.75) is 39.6 Å². The second kappa shape index (κ2) is 3.68. The van der Waals surface area contributed by atoms with Gasteiger partial charge < -0.3 is 14.2 Å². The van der Waals surface area contributed by atoms with Gasteiger partial charge in [-0.2, -0.15) is 0 Å². The Morgan fingerprint density at radius 1 is 1.33 bits per heavy atom. The van der Waals surface area contributed by atoms with Crippen LogP contribution in [-0.4, -0.2) is 34.3 Å². The molecular formula is C13H16N2O3. The molecule has 1 saturated heterocycles. The van der Waals surface area contributed by atoms with E-state index in [4.69, 9.17) is 4.74 Å². The average Bonchev–Trinajstić information content (AvgIpc) is 2.68. The minimum atomic E-state index is -0.193. The molecule has 18 heavy (non-hydrogen) atoms. The van der Waals surface area contributed by atoms with Crippen LogP contribution in [0.3, 0.4) is 0 Å². The van der Waals surface area contributed by atoms with Gasteiger partial charge in [0.05, 0.1) is 19.2 Å². The normalized spacial score (nSPS) is 26.2. The van der Waals surface area contributed by atoms with Crippen LogP contribution in [-0.2, 0) is 11.3 Å². The van der Waals surface area contributed by atoms with Gasteiger partial charge in [-0.05, 0) is 20.8 Å². The van der Waals surface area contributed by atoms with Crippen molar-refractivity contribution in [3.8, 4) is 0 Å². The summed E-state index contributed by atoms with van der Waals surface area (Å²) in [5.74, 6) is -0.0918. The molecule has 0 aromatic carbocycles. The Bertz CT molecular complexity index is 591. The van der Waals surface area contributed by atoms with E-state index < -0.39 is 0 Å². The Balaban J connectivity index is 2.20. The Morgan fingerprint density at radius 3 is 2.78 bits per heavy atom. The van der Waals surface area contributed by atoms with E-state index in [1.807, 2.05) is 11.5 Å². The molecule has 2 aliphatic heterocycles.